The van der Waals surface area contributed by atoms with Gasteiger partial charge in [0.05, 0.1) is 0 Å². The van der Waals surface area contributed by atoms with Gasteiger partial charge in [-0.2, -0.15) is 0 Å². The predicted molar refractivity (Wildman–Crippen MR) is 112 cm³/mol. The topological polar surface area (TPSA) is 25.2 Å². The number of aromatic nitrogens is 1. The van der Waals surface area contributed by atoms with Crippen LogP contribution in [0, 0.1) is 13.8 Å². The maximum Gasteiger partial charge on any atom is 0.0393 e. The number of allylic oxidation sites excluding steroid dienone is 3. The van der Waals surface area contributed by atoms with Crippen molar-refractivity contribution in [3.63, 3.8) is 0 Å². The van der Waals surface area contributed by atoms with Crippen LogP contribution in [0.5, 0.6) is 0 Å². The van der Waals surface area contributed by atoms with Gasteiger partial charge < -0.3 is 0 Å². The van der Waals surface area contributed by atoms with E-state index < -0.39 is 0 Å². The molecule has 0 spiro atoms. The van der Waals surface area contributed by atoms with Crippen LogP contribution in [0.15, 0.2) is 78.0 Å². The Bertz CT molecular complexity index is 610. The number of pyridine rings is 1. The molecule has 1 heterocycles. The lowest BCUT2D eigenvalue weighted by atomic mass is 10.1. The molecule has 0 atom stereocenters. The van der Waals surface area contributed by atoms with Gasteiger partial charge in [-0.25, -0.2) is 0 Å². The first kappa shape index (κ1) is 22.5. The van der Waals surface area contributed by atoms with Crippen LogP contribution in [0.3, 0.4) is 0 Å². The molecule has 0 aliphatic heterocycles. The van der Waals surface area contributed by atoms with Crippen molar-refractivity contribution in [2.24, 2.45) is 4.99 Å². The first-order chi connectivity index (χ1) is 12.1. The van der Waals surface area contributed by atoms with E-state index in [4.69, 9.17) is 0 Å². The Kier molecular flexibility index (Phi) is 13.6. The Morgan fingerprint density at radius 2 is 1.60 bits per heavy atom. The molecule has 0 saturated carbocycles. The number of aryl methyl sites for hydroxylation is 3. The second kappa shape index (κ2) is 15.1. The molecule has 0 fully saturated rings. The molecule has 0 unspecified atom stereocenters. The van der Waals surface area contributed by atoms with Crippen LogP contribution in [0.2, 0.25) is 0 Å². The average molecular weight is 337 g/mol. The summed E-state index contributed by atoms with van der Waals surface area (Å²) in [5, 5.41) is 0. The molecule has 2 aromatic rings. The van der Waals surface area contributed by atoms with Gasteiger partial charge in [0.2, 0.25) is 0 Å². The number of aliphatic imine (C=N–C) groups is 1. The first-order valence-corrected chi connectivity index (χ1v) is 8.79. The third-order valence-electron chi connectivity index (χ3n) is 3.28. The molecule has 2 nitrogen and oxygen atoms in total. The first-order valence-electron chi connectivity index (χ1n) is 8.79. The van der Waals surface area contributed by atoms with E-state index in [1.54, 1.807) is 6.08 Å². The second-order valence-corrected chi connectivity index (χ2v) is 5.56. The summed E-state index contributed by atoms with van der Waals surface area (Å²) >= 11 is 0. The average Bonchev–Trinajstić information content (AvgIpc) is 2.62. The highest BCUT2D eigenvalue weighted by Crippen LogP contribution is 2.00. The molecule has 0 radical (unpaired) electrons. The van der Waals surface area contributed by atoms with Crippen molar-refractivity contribution < 1.29 is 0 Å². The molecule has 1 aromatic heterocycles. The summed E-state index contributed by atoms with van der Waals surface area (Å²) in [5.74, 6) is 0. The second-order valence-electron chi connectivity index (χ2n) is 5.56. The van der Waals surface area contributed by atoms with Crippen molar-refractivity contribution >= 4 is 6.72 Å². The molecule has 134 valence electrons. The van der Waals surface area contributed by atoms with E-state index in [2.05, 4.69) is 60.5 Å². The molecule has 0 amide bonds. The van der Waals surface area contributed by atoms with Gasteiger partial charge in [0.1, 0.15) is 0 Å². The van der Waals surface area contributed by atoms with Crippen LogP contribution in [0.1, 0.15) is 43.6 Å². The number of hydrogen-bond acceptors (Lipinski definition) is 2. The van der Waals surface area contributed by atoms with E-state index in [9.17, 15) is 0 Å². The Morgan fingerprint density at radius 1 is 1.00 bits per heavy atom. The van der Waals surface area contributed by atoms with Crippen molar-refractivity contribution in [1.82, 2.24) is 4.98 Å². The Labute approximate surface area is 154 Å². The normalized spacial score (nSPS) is 9.84. The molecule has 0 aliphatic rings. The molecule has 0 aliphatic carbocycles. The fourth-order valence-electron chi connectivity index (χ4n) is 2.03. The van der Waals surface area contributed by atoms with Crippen LogP contribution < -0.4 is 0 Å². The maximum absolute atomic E-state index is 4.17. The number of rotatable bonds is 5. The lowest BCUT2D eigenvalue weighted by molar-refractivity contribution is 0.922. The fourth-order valence-corrected chi connectivity index (χ4v) is 2.03. The number of hydrogen-bond donors (Lipinski definition) is 0. The van der Waals surface area contributed by atoms with Crippen LogP contribution in [0.4, 0.5) is 0 Å². The summed E-state index contributed by atoms with van der Waals surface area (Å²) in [6, 6.07) is 16.6. The summed E-state index contributed by atoms with van der Waals surface area (Å²) in [4.78, 5) is 7.91. The van der Waals surface area contributed by atoms with Crippen LogP contribution in [-0.2, 0) is 6.42 Å². The summed E-state index contributed by atoms with van der Waals surface area (Å²) < 4.78 is 0. The highest BCUT2D eigenvalue weighted by molar-refractivity contribution is 5.29. The quantitative estimate of drug-likeness (QED) is 0.451. The summed E-state index contributed by atoms with van der Waals surface area (Å²) in [5.41, 5.74) is 4.61. The minimum Gasteiger partial charge on any atom is -0.269 e. The van der Waals surface area contributed by atoms with E-state index in [1.807, 2.05) is 45.0 Å². The van der Waals surface area contributed by atoms with Gasteiger partial charge >= 0.3 is 0 Å². The molecule has 2 heteroatoms. The molecule has 0 saturated heterocycles. The van der Waals surface area contributed by atoms with Crippen molar-refractivity contribution in [3.8, 4) is 0 Å². The standard InChI is InChI=1S/C9H12.C7H9N.C7H11N/c1-2-6-9-7-4-3-5-8-9;1-6-4-3-5-7(2)8-6;1-4-6-7(5-2)8-3/h3-5,7-8H,2,6H2,1H3;3-5H,1-2H3;4,6H,1,3,5H2,2H3/b;;7-6-. The van der Waals surface area contributed by atoms with Crippen LogP contribution in [-0.4, -0.2) is 11.7 Å². The largest absolute Gasteiger partial charge is 0.269 e. The third-order valence-corrected chi connectivity index (χ3v) is 3.28. The summed E-state index contributed by atoms with van der Waals surface area (Å²) in [7, 11) is 0. The smallest absolute Gasteiger partial charge is 0.0393 e. The molecule has 2 rings (SSSR count). The lowest BCUT2D eigenvalue weighted by Crippen LogP contribution is -1.81. The van der Waals surface area contributed by atoms with Gasteiger partial charge in [0.25, 0.3) is 0 Å². The van der Waals surface area contributed by atoms with Crippen LogP contribution in [0.25, 0.3) is 0 Å². The van der Waals surface area contributed by atoms with Gasteiger partial charge in [-0.15, -0.1) is 0 Å². The molecule has 0 N–H and O–H groups in total. The molecular weight excluding hydrogens is 304 g/mol. The Hall–Kier alpha value is -2.48. The van der Waals surface area contributed by atoms with Gasteiger partial charge in [0, 0.05) is 17.1 Å². The lowest BCUT2D eigenvalue weighted by Gasteiger charge is -1.93. The van der Waals surface area contributed by atoms with E-state index >= 15 is 0 Å². The maximum atomic E-state index is 4.17. The Morgan fingerprint density at radius 3 is 1.92 bits per heavy atom. The monoisotopic (exact) mass is 336 g/mol. The van der Waals surface area contributed by atoms with E-state index in [-0.39, 0.29) is 0 Å². The fraction of sp³-hybridized carbons (Fsp3) is 0.304. The molecule has 1 aromatic carbocycles. The van der Waals surface area contributed by atoms with Crippen molar-refractivity contribution in [3.05, 3.63) is 89.9 Å². The summed E-state index contributed by atoms with van der Waals surface area (Å²) in [6.07, 6.45) is 6.95. The van der Waals surface area contributed by atoms with E-state index in [0.29, 0.717) is 0 Å². The van der Waals surface area contributed by atoms with E-state index in [1.165, 1.54) is 18.4 Å². The summed E-state index contributed by atoms with van der Waals surface area (Å²) in [6.45, 7) is 15.1. The predicted octanol–water partition coefficient (Wildman–Crippen LogP) is 6.50. The molecule has 0 bridgehead atoms. The SMILES string of the molecule is C=C/C=C(/CC)N=C.CCCc1ccccc1.Cc1cccc(C)n1. The van der Waals surface area contributed by atoms with E-state index in [0.717, 1.165) is 23.5 Å². The van der Waals surface area contributed by atoms with Crippen LogP contribution >= 0.6 is 0 Å². The number of nitrogens with zero attached hydrogens (tertiary/aromatic N) is 2. The zero-order chi connectivity index (χ0) is 18.9. The molecule has 25 heavy (non-hydrogen) atoms. The van der Waals surface area contributed by atoms with Crippen molar-refractivity contribution in [2.75, 3.05) is 0 Å². The number of benzene rings is 1. The van der Waals surface area contributed by atoms with Gasteiger partial charge in [0.15, 0.2) is 0 Å². The zero-order valence-corrected chi connectivity index (χ0v) is 16.2. The van der Waals surface area contributed by atoms with Crippen molar-refractivity contribution in [2.45, 2.75) is 47.0 Å². The van der Waals surface area contributed by atoms with Crippen molar-refractivity contribution in [1.29, 1.82) is 0 Å². The van der Waals surface area contributed by atoms with Gasteiger partial charge in [-0.05, 0) is 57.2 Å². The minimum absolute atomic E-state index is 0.926. The molecular formula is C23H32N2. The third kappa shape index (κ3) is 12.6. The zero-order valence-electron chi connectivity index (χ0n) is 16.2. The Balaban J connectivity index is 0.000000347. The van der Waals surface area contributed by atoms with Gasteiger partial charge in [-0.3, -0.25) is 9.98 Å². The highest BCUT2D eigenvalue weighted by atomic mass is 14.7. The minimum atomic E-state index is 0.926. The van der Waals surface area contributed by atoms with Gasteiger partial charge in [-0.1, -0.05) is 69.3 Å². The highest BCUT2D eigenvalue weighted by Gasteiger charge is 1.84.